The van der Waals surface area contributed by atoms with Gasteiger partial charge in [0.05, 0.1) is 12.5 Å². The van der Waals surface area contributed by atoms with Crippen LogP contribution < -0.4 is 0 Å². The standard InChI is InChI=1S/C16H20N4O4S2/c21-25(22,12-7-15-5-2-1-3-6-15)19-8-4-9-20(11-10-19)26(23,24)16-13-17-14-18-16/h1-3,5-7,12-14H,4,8-11H2,(H,17,18). The lowest BCUT2D eigenvalue weighted by Gasteiger charge is -2.20. The van der Waals surface area contributed by atoms with Crippen LogP contribution in [0.2, 0.25) is 0 Å². The van der Waals surface area contributed by atoms with Gasteiger partial charge in [0.2, 0.25) is 10.0 Å². The van der Waals surface area contributed by atoms with Crippen molar-refractivity contribution in [3.05, 3.63) is 53.8 Å². The first-order chi connectivity index (χ1) is 12.4. The number of rotatable bonds is 5. The number of aromatic nitrogens is 2. The van der Waals surface area contributed by atoms with Gasteiger partial charge in [-0.05, 0) is 18.1 Å². The molecule has 0 saturated carbocycles. The Morgan fingerprint density at radius 3 is 2.35 bits per heavy atom. The number of H-pyrrole nitrogens is 1. The molecule has 2 aromatic rings. The Morgan fingerprint density at radius 1 is 0.962 bits per heavy atom. The van der Waals surface area contributed by atoms with Gasteiger partial charge in [-0.2, -0.15) is 8.61 Å². The van der Waals surface area contributed by atoms with Crippen LogP contribution in [0.3, 0.4) is 0 Å². The smallest absolute Gasteiger partial charge is 0.260 e. The Balaban J connectivity index is 1.71. The van der Waals surface area contributed by atoms with Crippen LogP contribution >= 0.6 is 0 Å². The van der Waals surface area contributed by atoms with E-state index in [-0.39, 0.29) is 31.2 Å². The van der Waals surface area contributed by atoms with E-state index >= 15 is 0 Å². The third-order valence-corrected chi connectivity index (χ3v) is 7.49. The van der Waals surface area contributed by atoms with Crippen LogP contribution in [0, 0.1) is 0 Å². The summed E-state index contributed by atoms with van der Waals surface area (Å²) in [6.45, 7) is 0.737. The maximum absolute atomic E-state index is 12.6. The lowest BCUT2D eigenvalue weighted by molar-refractivity contribution is 0.406. The molecule has 26 heavy (non-hydrogen) atoms. The highest BCUT2D eigenvalue weighted by Crippen LogP contribution is 2.17. The topological polar surface area (TPSA) is 103 Å². The summed E-state index contributed by atoms with van der Waals surface area (Å²) >= 11 is 0. The van der Waals surface area contributed by atoms with Gasteiger partial charge in [0.1, 0.15) is 0 Å². The molecule has 8 nitrogen and oxygen atoms in total. The van der Waals surface area contributed by atoms with Crippen molar-refractivity contribution in [3.8, 4) is 0 Å². The minimum atomic E-state index is -3.69. The maximum Gasteiger partial charge on any atom is 0.260 e. The van der Waals surface area contributed by atoms with Crippen LogP contribution in [0.4, 0.5) is 0 Å². The number of imidazole rings is 1. The normalized spacial score (nSPS) is 18.2. The minimum absolute atomic E-state index is 0.0118. The fraction of sp³-hybridized carbons (Fsp3) is 0.312. The molecule has 1 fully saturated rings. The second-order valence-corrected chi connectivity index (χ2v) is 9.56. The SMILES string of the molecule is O=S(=O)(C=Cc1ccccc1)N1CCCN(S(=O)(=O)c2cnc[nH]2)CC1. The van der Waals surface area contributed by atoms with Gasteiger partial charge in [0, 0.05) is 31.6 Å². The highest BCUT2D eigenvalue weighted by Gasteiger charge is 2.30. The Morgan fingerprint density at radius 2 is 1.65 bits per heavy atom. The Hall–Kier alpha value is -2.01. The fourth-order valence-electron chi connectivity index (χ4n) is 2.70. The molecule has 0 spiro atoms. The molecule has 0 atom stereocenters. The number of hydrogen-bond acceptors (Lipinski definition) is 5. The second kappa shape index (κ2) is 7.70. The van der Waals surface area contributed by atoms with E-state index in [4.69, 9.17) is 0 Å². The van der Waals surface area contributed by atoms with Crippen LogP contribution in [0.5, 0.6) is 0 Å². The van der Waals surface area contributed by atoms with Crippen molar-refractivity contribution in [2.45, 2.75) is 11.4 Å². The maximum atomic E-state index is 12.6. The van der Waals surface area contributed by atoms with Gasteiger partial charge in [0.15, 0.2) is 5.03 Å². The van der Waals surface area contributed by atoms with Gasteiger partial charge in [-0.3, -0.25) is 0 Å². The van der Waals surface area contributed by atoms with Crippen molar-refractivity contribution in [2.75, 3.05) is 26.2 Å². The van der Waals surface area contributed by atoms with Crippen molar-refractivity contribution < 1.29 is 16.8 Å². The van der Waals surface area contributed by atoms with E-state index in [0.29, 0.717) is 6.42 Å². The zero-order chi connectivity index (χ0) is 18.6. The highest BCUT2D eigenvalue weighted by molar-refractivity contribution is 7.92. The number of benzene rings is 1. The summed E-state index contributed by atoms with van der Waals surface area (Å²) in [7, 11) is -7.31. The summed E-state index contributed by atoms with van der Waals surface area (Å²) in [6, 6.07) is 9.14. The third-order valence-electron chi connectivity index (χ3n) is 4.10. The van der Waals surface area contributed by atoms with Crippen molar-refractivity contribution in [1.29, 1.82) is 0 Å². The number of nitrogens with one attached hydrogen (secondary N) is 1. The van der Waals surface area contributed by atoms with E-state index in [9.17, 15) is 16.8 Å². The Bertz CT molecular complexity index is 955. The molecule has 0 bridgehead atoms. The molecule has 0 radical (unpaired) electrons. The van der Waals surface area contributed by atoms with E-state index in [1.807, 2.05) is 30.3 Å². The molecule has 1 saturated heterocycles. The Kier molecular flexibility index (Phi) is 5.56. The summed E-state index contributed by atoms with van der Waals surface area (Å²) in [5.41, 5.74) is 0.786. The number of sulfonamides is 2. The third kappa shape index (κ3) is 4.21. The Labute approximate surface area is 153 Å². The largest absolute Gasteiger partial charge is 0.335 e. The molecule has 10 heteroatoms. The first-order valence-electron chi connectivity index (χ1n) is 8.11. The fourth-order valence-corrected chi connectivity index (χ4v) is 5.29. The molecule has 0 aliphatic carbocycles. The van der Waals surface area contributed by atoms with Crippen LogP contribution in [-0.2, 0) is 20.0 Å². The molecule has 1 aromatic heterocycles. The van der Waals surface area contributed by atoms with Gasteiger partial charge in [-0.15, -0.1) is 0 Å². The molecule has 2 heterocycles. The van der Waals surface area contributed by atoms with E-state index < -0.39 is 20.0 Å². The van der Waals surface area contributed by atoms with Gasteiger partial charge >= 0.3 is 0 Å². The van der Waals surface area contributed by atoms with Gasteiger partial charge < -0.3 is 4.98 Å². The lowest BCUT2D eigenvalue weighted by atomic mass is 10.2. The van der Waals surface area contributed by atoms with Crippen LogP contribution in [0.1, 0.15) is 12.0 Å². The molecule has 0 unspecified atom stereocenters. The number of aromatic amines is 1. The van der Waals surface area contributed by atoms with Crippen LogP contribution in [0.15, 0.2) is 53.3 Å². The molecule has 1 aliphatic rings. The van der Waals surface area contributed by atoms with Gasteiger partial charge in [0.25, 0.3) is 10.0 Å². The zero-order valence-corrected chi connectivity index (χ0v) is 15.7. The second-order valence-electron chi connectivity index (χ2n) is 5.83. The monoisotopic (exact) mass is 396 g/mol. The molecular weight excluding hydrogens is 376 g/mol. The number of hydrogen-bond donors (Lipinski definition) is 1. The lowest BCUT2D eigenvalue weighted by Crippen LogP contribution is -2.36. The predicted octanol–water partition coefficient (Wildman–Crippen LogP) is 1.11. The van der Waals surface area contributed by atoms with Gasteiger partial charge in [-0.1, -0.05) is 30.3 Å². The van der Waals surface area contributed by atoms with E-state index in [2.05, 4.69) is 9.97 Å². The minimum Gasteiger partial charge on any atom is -0.335 e. The van der Waals surface area contributed by atoms with Crippen molar-refractivity contribution in [1.82, 2.24) is 18.6 Å². The summed E-state index contributed by atoms with van der Waals surface area (Å²) in [4.78, 5) is 6.33. The average molecular weight is 396 g/mol. The molecule has 1 aromatic carbocycles. The quantitative estimate of drug-likeness (QED) is 0.815. The first-order valence-corrected chi connectivity index (χ1v) is 11.1. The zero-order valence-electron chi connectivity index (χ0n) is 14.0. The molecular formula is C16H20N4O4S2. The molecule has 3 rings (SSSR count). The summed E-state index contributed by atoms with van der Waals surface area (Å²) in [5.74, 6) is 0. The van der Waals surface area contributed by atoms with Crippen molar-refractivity contribution in [3.63, 3.8) is 0 Å². The molecule has 0 amide bonds. The highest BCUT2D eigenvalue weighted by atomic mass is 32.2. The van der Waals surface area contributed by atoms with Crippen molar-refractivity contribution >= 4 is 26.1 Å². The van der Waals surface area contributed by atoms with E-state index in [0.717, 1.165) is 5.56 Å². The summed E-state index contributed by atoms with van der Waals surface area (Å²) < 4.78 is 52.8. The van der Waals surface area contributed by atoms with Gasteiger partial charge in [-0.25, -0.2) is 21.8 Å². The van der Waals surface area contributed by atoms with E-state index in [1.165, 1.54) is 26.5 Å². The number of nitrogens with zero attached hydrogens (tertiary/aromatic N) is 3. The predicted molar refractivity (Wildman–Crippen MR) is 97.9 cm³/mol. The van der Waals surface area contributed by atoms with Crippen molar-refractivity contribution in [2.24, 2.45) is 0 Å². The summed E-state index contributed by atoms with van der Waals surface area (Å²) in [5, 5.41) is 1.18. The average Bonchev–Trinajstić information content (AvgIpc) is 3.05. The molecule has 140 valence electrons. The molecule has 1 N–H and O–H groups in total. The van der Waals surface area contributed by atoms with Crippen LogP contribution in [0.25, 0.3) is 6.08 Å². The van der Waals surface area contributed by atoms with Crippen LogP contribution in [-0.4, -0.2) is 61.6 Å². The molecule has 1 aliphatic heterocycles. The first kappa shape index (κ1) is 18.8. The van der Waals surface area contributed by atoms with E-state index in [1.54, 1.807) is 6.08 Å². The summed E-state index contributed by atoms with van der Waals surface area (Å²) in [6.07, 6.45) is 4.51.